The Hall–Kier alpha value is -6.99. The number of nitrogens with one attached hydrogen (secondary N) is 7. The molecule has 5 aromatic rings. The molecule has 1 aliphatic heterocycles. The quantitative estimate of drug-likeness (QED) is 0.0381. The smallest absolute Gasteiger partial charge is 0.407 e. The lowest BCUT2D eigenvalue weighted by molar-refractivity contribution is -0.141. The van der Waals surface area contributed by atoms with Crippen LogP contribution in [0.3, 0.4) is 0 Å². The van der Waals surface area contributed by atoms with Crippen LogP contribution in [0.4, 0.5) is 4.79 Å². The molecule has 2 aliphatic rings. The van der Waals surface area contributed by atoms with Crippen molar-refractivity contribution in [3.05, 3.63) is 119 Å². The van der Waals surface area contributed by atoms with Crippen LogP contribution in [-0.4, -0.2) is 131 Å². The first-order chi connectivity index (χ1) is 40.5. The van der Waals surface area contributed by atoms with Crippen molar-refractivity contribution in [2.75, 3.05) is 32.1 Å². The molecule has 4 aromatic carbocycles. The summed E-state index contributed by atoms with van der Waals surface area (Å²) < 4.78 is 26.4. The van der Waals surface area contributed by atoms with E-state index < -0.39 is 113 Å². The number of alkyl carbamates (subject to hydrolysis) is 1. The van der Waals surface area contributed by atoms with Crippen molar-refractivity contribution in [1.82, 2.24) is 36.9 Å². The minimum absolute atomic E-state index is 0.0555. The molecule has 0 saturated carbocycles. The first kappa shape index (κ1) is 66.5. The van der Waals surface area contributed by atoms with Crippen molar-refractivity contribution in [1.29, 1.82) is 0 Å². The molecule has 1 aromatic heterocycles. The zero-order valence-electron chi connectivity index (χ0n) is 51.9. The number of rotatable bonds is 18. The van der Waals surface area contributed by atoms with Crippen molar-refractivity contribution in [3.63, 3.8) is 0 Å². The van der Waals surface area contributed by atoms with E-state index in [2.05, 4.69) is 105 Å². The maximum Gasteiger partial charge on any atom is 0.407 e. The summed E-state index contributed by atoms with van der Waals surface area (Å²) in [5.41, 5.74) is 6.03. The van der Waals surface area contributed by atoms with Crippen LogP contribution in [-0.2, 0) is 55.4 Å². The lowest BCUT2D eigenvalue weighted by Crippen LogP contribution is -2.60. The topological polar surface area (TPSA) is 265 Å². The van der Waals surface area contributed by atoms with Crippen molar-refractivity contribution >= 4 is 80.9 Å². The third-order valence-electron chi connectivity index (χ3n) is 17.5. The molecule has 8 N–H and O–H groups in total. The molecule has 0 unspecified atom stereocenters. The Bertz CT molecular complexity index is 3210. The molecule has 0 radical (unpaired) electrons. The van der Waals surface area contributed by atoms with Gasteiger partial charge in [-0.1, -0.05) is 148 Å². The summed E-state index contributed by atoms with van der Waals surface area (Å²) in [6.07, 6.45) is -1.45. The van der Waals surface area contributed by atoms with Gasteiger partial charge in [-0.05, 0) is 87.7 Å². The number of carboxylic acids is 1. The molecular formula is C64H87N7O12SSi2. The fraction of sp³-hybridized carbons (Fsp3) is 0.484. The number of H-pyrrole nitrogens is 1. The second-order valence-corrected chi connectivity index (χ2v) is 36.2. The maximum absolute atomic E-state index is 15.7. The zero-order valence-corrected chi connectivity index (χ0v) is 54.7. The van der Waals surface area contributed by atoms with Crippen LogP contribution in [0.2, 0.25) is 36.3 Å². The predicted octanol–water partition coefficient (Wildman–Crippen LogP) is 9.17. The van der Waals surface area contributed by atoms with E-state index in [0.29, 0.717) is 33.7 Å². The third kappa shape index (κ3) is 16.5. The molecule has 22 heteroatoms. The highest BCUT2D eigenvalue weighted by Crippen LogP contribution is 2.45. The van der Waals surface area contributed by atoms with Gasteiger partial charge in [0.15, 0.2) is 16.6 Å². The van der Waals surface area contributed by atoms with Crippen LogP contribution >= 0.6 is 11.8 Å². The SMILES string of the molecule is CC[C@H](C)[C@@H]1NC(=O)CNC(=O)[C@@H](NC(=O)[C@@H](NC(=O)OCC2c3ccccc3-c3ccccc32)[C@@H](C)[C@H](CO[Si](C)(C)C(C)(C)C)O[Si](C)(C)C(C)(C)C)Cc2c([nH]c3cc(OCc4ccccc4)ccc23)SC[C@@H](C(=O)O)NC(=O)CNC1=O. The van der Waals surface area contributed by atoms with Gasteiger partial charge in [-0.15, -0.1) is 11.8 Å². The molecule has 7 atom stereocenters. The highest BCUT2D eigenvalue weighted by Gasteiger charge is 2.46. The number of carbonyl (C=O) groups is 7. The number of carboxylic acid groups (broad SMARTS) is 1. The first-order valence-electron chi connectivity index (χ1n) is 29.5. The Morgan fingerprint density at radius 1 is 0.767 bits per heavy atom. The van der Waals surface area contributed by atoms with Crippen LogP contribution in [0.15, 0.2) is 102 Å². The summed E-state index contributed by atoms with van der Waals surface area (Å²) in [6.45, 7) is 25.7. The average Bonchev–Trinajstić information content (AvgIpc) is 3.69. The molecule has 0 fully saturated rings. The highest BCUT2D eigenvalue weighted by molar-refractivity contribution is 7.99. The Morgan fingerprint density at radius 2 is 1.36 bits per heavy atom. The molecule has 2 heterocycles. The molecule has 1 aliphatic carbocycles. The third-order valence-corrected chi connectivity index (χ3v) is 27.6. The lowest BCUT2D eigenvalue weighted by atomic mass is 9.94. The first-order valence-corrected chi connectivity index (χ1v) is 36.3. The molecule has 6 amide bonds. The van der Waals surface area contributed by atoms with E-state index in [1.807, 2.05) is 92.7 Å². The van der Waals surface area contributed by atoms with Gasteiger partial charge in [0.1, 0.15) is 43.1 Å². The van der Waals surface area contributed by atoms with Crippen LogP contribution in [0.1, 0.15) is 96.9 Å². The lowest BCUT2D eigenvalue weighted by Gasteiger charge is -2.44. The minimum Gasteiger partial charge on any atom is -0.489 e. The van der Waals surface area contributed by atoms with Gasteiger partial charge in [0.25, 0.3) is 0 Å². The Balaban J connectivity index is 1.30. The summed E-state index contributed by atoms with van der Waals surface area (Å²) in [6, 6.07) is 25.4. The summed E-state index contributed by atoms with van der Waals surface area (Å²) >= 11 is 1.06. The van der Waals surface area contributed by atoms with Gasteiger partial charge < -0.3 is 60.3 Å². The van der Waals surface area contributed by atoms with Gasteiger partial charge in [0.2, 0.25) is 29.5 Å². The van der Waals surface area contributed by atoms with Crippen molar-refractivity contribution in [2.24, 2.45) is 11.8 Å². The van der Waals surface area contributed by atoms with E-state index in [1.54, 1.807) is 25.1 Å². The van der Waals surface area contributed by atoms with E-state index in [-0.39, 0.29) is 48.0 Å². The molecular weight excluding hydrogens is 1150 g/mol. The molecule has 19 nitrogen and oxygen atoms in total. The van der Waals surface area contributed by atoms with Crippen LogP contribution < -0.4 is 36.6 Å². The summed E-state index contributed by atoms with van der Waals surface area (Å²) in [5.74, 6) is -6.37. The van der Waals surface area contributed by atoms with Crippen molar-refractivity contribution < 1.29 is 57.0 Å². The number of aromatic amines is 1. The van der Waals surface area contributed by atoms with Gasteiger partial charge in [-0.2, -0.15) is 0 Å². The van der Waals surface area contributed by atoms with Gasteiger partial charge >= 0.3 is 12.1 Å². The number of aliphatic carboxylic acids is 1. The number of fused-ring (bicyclic) bond motifs is 6. The molecule has 0 spiro atoms. The van der Waals surface area contributed by atoms with Gasteiger partial charge in [0, 0.05) is 35.5 Å². The Labute approximate surface area is 511 Å². The van der Waals surface area contributed by atoms with E-state index in [0.717, 1.165) is 39.6 Å². The number of aromatic nitrogens is 1. The molecule has 464 valence electrons. The van der Waals surface area contributed by atoms with Crippen LogP contribution in [0.5, 0.6) is 5.75 Å². The van der Waals surface area contributed by atoms with E-state index in [4.69, 9.17) is 18.3 Å². The second-order valence-electron chi connectivity index (χ2n) is 25.6. The molecule has 0 saturated heterocycles. The maximum atomic E-state index is 15.7. The molecule has 86 heavy (non-hydrogen) atoms. The molecule has 0 bridgehead atoms. The average molecular weight is 1230 g/mol. The summed E-state index contributed by atoms with van der Waals surface area (Å²) in [4.78, 5) is 102. The van der Waals surface area contributed by atoms with E-state index in [1.165, 1.54) is 0 Å². The Morgan fingerprint density at radius 3 is 1.97 bits per heavy atom. The van der Waals surface area contributed by atoms with Crippen molar-refractivity contribution in [3.8, 4) is 16.9 Å². The van der Waals surface area contributed by atoms with Crippen LogP contribution in [0, 0.1) is 11.8 Å². The fourth-order valence-corrected chi connectivity index (χ4v) is 13.4. The zero-order chi connectivity index (χ0) is 62.9. The summed E-state index contributed by atoms with van der Waals surface area (Å²) in [5, 5.41) is 27.3. The largest absolute Gasteiger partial charge is 0.489 e. The minimum atomic E-state index is -2.67. The van der Waals surface area contributed by atoms with Crippen molar-refractivity contribution in [2.45, 2.75) is 159 Å². The number of amides is 6. The van der Waals surface area contributed by atoms with E-state index in [9.17, 15) is 29.1 Å². The number of carbonyl (C=O) groups excluding carboxylic acids is 6. The van der Waals surface area contributed by atoms with Crippen LogP contribution in [0.25, 0.3) is 22.0 Å². The number of thioether (sulfide) groups is 1. The fourth-order valence-electron chi connectivity index (χ4n) is 9.90. The van der Waals surface area contributed by atoms with Gasteiger partial charge in [-0.25, -0.2) is 9.59 Å². The highest BCUT2D eigenvalue weighted by atomic mass is 32.2. The second kappa shape index (κ2) is 28.2. The number of benzene rings is 4. The number of hydrogen-bond donors (Lipinski definition) is 8. The predicted molar refractivity (Wildman–Crippen MR) is 339 cm³/mol. The Kier molecular flexibility index (Phi) is 21.8. The van der Waals surface area contributed by atoms with Gasteiger partial charge in [0.05, 0.1) is 36.3 Å². The summed E-state index contributed by atoms with van der Waals surface area (Å²) in [7, 11) is -5.13. The monoisotopic (exact) mass is 1230 g/mol. The number of ether oxygens (including phenoxy) is 2. The van der Waals surface area contributed by atoms with Gasteiger partial charge in [-0.3, -0.25) is 24.0 Å². The number of hydrogen-bond acceptors (Lipinski definition) is 12. The standard InChI is InChI=1S/C64H87N7O12SSi2/c1-14-38(2)55-58(75)66-32-53(72)67-51(61(77)78)37-84-60-47(46-29-28-41(30-49(46)69-60)80-34-40-22-16-15-17-23-40)31-50(57(74)65-33-54(73)70-55)68-59(76)56(39(3)52(83-86(12,13)64(7,8)9)36-82-85(10,11)63(4,5)6)71-62(79)81-35-48-44-26-20-18-24-42(44)43-25-19-21-27-45(43)48/h15-30,38-39,48,50-52,55-56,69H,14,31-37H2,1-13H3,(H,65,74)(H,66,75)(H,67,72)(H,68,76)(H,70,73)(H,71,79)(H,77,78)/t38-,39-,50-,51-,52-,55-,56-/m0/s1. The van der Waals surface area contributed by atoms with E-state index >= 15 is 9.59 Å². The normalized spacial score (nSPS) is 19.1. The molecule has 7 rings (SSSR count).